The summed E-state index contributed by atoms with van der Waals surface area (Å²) in [6.07, 6.45) is -3.09. The van der Waals surface area contributed by atoms with Crippen LogP contribution in [0.15, 0.2) is 30.3 Å². The SMILES string of the molecule is COC(=O)CCC(NC(=O)C(CC(=O)OC)NC(=O)OCc1ccccc1)C(=O)N[C@H](C(=O)NC(CC(=O)OC)C(=O)CF)C(C)C. The second-order valence-electron chi connectivity index (χ2n) is 10.4. The number of ether oxygens (including phenoxy) is 4. The summed E-state index contributed by atoms with van der Waals surface area (Å²) >= 11 is 0. The lowest BCUT2D eigenvalue weighted by molar-refractivity contribution is -0.144. The number of carbonyl (C=O) groups is 8. The molecule has 0 aliphatic heterocycles. The Kier molecular flexibility index (Phi) is 17.7. The van der Waals surface area contributed by atoms with Crippen LogP contribution in [0, 0.1) is 5.92 Å². The molecule has 0 spiro atoms. The number of alkyl carbamates (subject to hydrolysis) is 1. The van der Waals surface area contributed by atoms with E-state index in [-0.39, 0.29) is 19.4 Å². The van der Waals surface area contributed by atoms with E-state index in [2.05, 4.69) is 35.5 Å². The van der Waals surface area contributed by atoms with E-state index in [9.17, 15) is 42.7 Å². The lowest BCUT2D eigenvalue weighted by Gasteiger charge is -2.27. The van der Waals surface area contributed by atoms with Crippen LogP contribution in [0.5, 0.6) is 0 Å². The summed E-state index contributed by atoms with van der Waals surface area (Å²) in [5.74, 6) is -7.21. The number of alkyl halides is 1. The van der Waals surface area contributed by atoms with Crippen molar-refractivity contribution in [1.82, 2.24) is 21.3 Å². The normalized spacial score (nSPS) is 13.1. The predicted molar refractivity (Wildman–Crippen MR) is 160 cm³/mol. The third kappa shape index (κ3) is 14.7. The molecule has 0 aliphatic rings. The molecule has 0 saturated carbocycles. The third-order valence-corrected chi connectivity index (χ3v) is 6.60. The zero-order valence-corrected chi connectivity index (χ0v) is 26.8. The molecule has 0 aliphatic carbocycles. The van der Waals surface area contributed by atoms with Crippen LogP contribution in [0.2, 0.25) is 0 Å². The van der Waals surface area contributed by atoms with Crippen molar-refractivity contribution in [3.05, 3.63) is 35.9 Å². The lowest BCUT2D eigenvalue weighted by atomic mass is 10.0. The maximum absolute atomic E-state index is 13.4. The second-order valence-corrected chi connectivity index (χ2v) is 10.4. The van der Waals surface area contributed by atoms with E-state index < -0.39 is 97.1 Å². The molecule has 47 heavy (non-hydrogen) atoms. The van der Waals surface area contributed by atoms with Gasteiger partial charge in [0.15, 0.2) is 5.78 Å². The quantitative estimate of drug-likeness (QED) is 0.113. The highest BCUT2D eigenvalue weighted by molar-refractivity contribution is 5.97. The summed E-state index contributed by atoms with van der Waals surface area (Å²) in [6, 6.07) is 2.54. The number of rotatable bonds is 19. The summed E-state index contributed by atoms with van der Waals surface area (Å²) in [5.41, 5.74) is 0.644. The van der Waals surface area contributed by atoms with Crippen LogP contribution >= 0.6 is 0 Å². The van der Waals surface area contributed by atoms with Gasteiger partial charge in [0, 0.05) is 6.42 Å². The lowest BCUT2D eigenvalue weighted by Crippen LogP contribution is -2.59. The number of methoxy groups -OCH3 is 3. The van der Waals surface area contributed by atoms with E-state index in [0.717, 1.165) is 21.3 Å². The number of benzene rings is 1. The van der Waals surface area contributed by atoms with E-state index >= 15 is 0 Å². The Balaban J connectivity index is 3.17. The van der Waals surface area contributed by atoms with E-state index in [1.807, 2.05) is 0 Å². The molecule has 0 heterocycles. The molecule has 1 rings (SSSR count). The highest BCUT2D eigenvalue weighted by atomic mass is 19.1. The van der Waals surface area contributed by atoms with Gasteiger partial charge in [-0.2, -0.15) is 0 Å². The van der Waals surface area contributed by atoms with Crippen LogP contribution in [0.3, 0.4) is 0 Å². The number of amides is 4. The maximum atomic E-state index is 13.4. The minimum atomic E-state index is -1.59. The predicted octanol–water partition coefficient (Wildman–Crippen LogP) is 0.00980. The molecule has 0 bridgehead atoms. The van der Waals surface area contributed by atoms with Gasteiger partial charge in [-0.15, -0.1) is 0 Å². The number of carbonyl (C=O) groups excluding carboxylic acids is 8. The molecule has 1 aromatic rings. The summed E-state index contributed by atoms with van der Waals surface area (Å²) in [7, 11) is 3.21. The Morgan fingerprint density at radius 3 is 1.74 bits per heavy atom. The zero-order chi connectivity index (χ0) is 35.5. The molecule has 0 saturated heterocycles. The summed E-state index contributed by atoms with van der Waals surface area (Å²) in [5, 5.41) is 9.26. The molecule has 4 atom stereocenters. The maximum Gasteiger partial charge on any atom is 0.408 e. The second kappa shape index (κ2) is 20.8. The van der Waals surface area contributed by atoms with Gasteiger partial charge in [0.2, 0.25) is 17.7 Å². The summed E-state index contributed by atoms with van der Waals surface area (Å²) in [4.78, 5) is 99.9. The van der Waals surface area contributed by atoms with E-state index in [4.69, 9.17) is 4.74 Å². The first-order valence-corrected chi connectivity index (χ1v) is 14.4. The number of ketones is 1. The zero-order valence-electron chi connectivity index (χ0n) is 26.8. The molecule has 0 radical (unpaired) electrons. The van der Waals surface area contributed by atoms with Gasteiger partial charge in [-0.25, -0.2) is 9.18 Å². The fraction of sp³-hybridized carbons (Fsp3) is 0.533. The van der Waals surface area contributed by atoms with E-state index in [1.165, 1.54) is 13.8 Å². The van der Waals surface area contributed by atoms with Crippen molar-refractivity contribution in [1.29, 1.82) is 0 Å². The topological polar surface area (TPSA) is 222 Å². The Hall–Kier alpha value is -5.09. The molecule has 17 heteroatoms. The van der Waals surface area contributed by atoms with Crippen molar-refractivity contribution in [3.63, 3.8) is 0 Å². The molecule has 4 amide bonds. The van der Waals surface area contributed by atoms with Crippen molar-refractivity contribution in [3.8, 4) is 0 Å². The fourth-order valence-electron chi connectivity index (χ4n) is 3.91. The number of hydrogen-bond acceptors (Lipinski definition) is 12. The van der Waals surface area contributed by atoms with Crippen LogP contribution < -0.4 is 21.3 Å². The smallest absolute Gasteiger partial charge is 0.408 e. The molecule has 0 fully saturated rings. The summed E-state index contributed by atoms with van der Waals surface area (Å²) in [6.45, 7) is 1.44. The average molecular weight is 669 g/mol. The molecular formula is C30H41FN4O12. The van der Waals surface area contributed by atoms with Gasteiger partial charge in [-0.05, 0) is 17.9 Å². The van der Waals surface area contributed by atoms with Crippen molar-refractivity contribution in [2.24, 2.45) is 5.92 Å². The van der Waals surface area contributed by atoms with Gasteiger partial charge in [-0.1, -0.05) is 44.2 Å². The van der Waals surface area contributed by atoms with Crippen LogP contribution in [0.4, 0.5) is 9.18 Å². The molecule has 3 unspecified atom stereocenters. The molecule has 0 aromatic heterocycles. The Labute approximate surface area is 270 Å². The highest BCUT2D eigenvalue weighted by Gasteiger charge is 2.34. The first-order chi connectivity index (χ1) is 22.3. The number of Topliss-reactive ketones (excluding diaryl/α,β-unsaturated/α-hetero) is 1. The Morgan fingerprint density at radius 2 is 1.21 bits per heavy atom. The fourth-order valence-corrected chi connectivity index (χ4v) is 3.91. The minimum absolute atomic E-state index is 0.153. The van der Waals surface area contributed by atoms with Crippen molar-refractivity contribution in [2.45, 2.75) is 70.3 Å². The van der Waals surface area contributed by atoms with Crippen molar-refractivity contribution >= 4 is 47.5 Å². The van der Waals surface area contributed by atoms with Crippen LogP contribution in [0.25, 0.3) is 0 Å². The molecule has 260 valence electrons. The largest absolute Gasteiger partial charge is 0.469 e. The van der Waals surface area contributed by atoms with Crippen molar-refractivity contribution < 1.29 is 61.7 Å². The Bertz CT molecular complexity index is 1260. The minimum Gasteiger partial charge on any atom is -0.469 e. The van der Waals surface area contributed by atoms with Crippen molar-refractivity contribution in [2.75, 3.05) is 28.0 Å². The number of esters is 3. The van der Waals surface area contributed by atoms with Gasteiger partial charge in [0.1, 0.15) is 37.4 Å². The van der Waals surface area contributed by atoms with Crippen LogP contribution in [-0.4, -0.2) is 99.7 Å². The van der Waals surface area contributed by atoms with E-state index in [0.29, 0.717) is 5.56 Å². The van der Waals surface area contributed by atoms with Gasteiger partial charge >= 0.3 is 24.0 Å². The van der Waals surface area contributed by atoms with Gasteiger partial charge in [0.25, 0.3) is 0 Å². The molecule has 16 nitrogen and oxygen atoms in total. The average Bonchev–Trinajstić information content (AvgIpc) is 3.06. The number of halogens is 1. The van der Waals surface area contributed by atoms with Gasteiger partial charge < -0.3 is 40.2 Å². The monoisotopic (exact) mass is 668 g/mol. The number of nitrogens with one attached hydrogen (secondary N) is 4. The number of hydrogen-bond donors (Lipinski definition) is 4. The first-order valence-electron chi connectivity index (χ1n) is 14.4. The van der Waals surface area contributed by atoms with Crippen LogP contribution in [-0.2, 0) is 59.1 Å². The third-order valence-electron chi connectivity index (χ3n) is 6.60. The first kappa shape index (κ1) is 39.9. The van der Waals surface area contributed by atoms with E-state index in [1.54, 1.807) is 30.3 Å². The standard InChI is InChI=1S/C30H41FN4O12/c1-17(2)26(29(42)33-20(22(36)15-31)13-24(38)45-4)35-27(40)19(11-12-23(37)44-3)32-28(41)21(14-25(39)46-5)34-30(43)47-16-18-9-7-6-8-10-18/h6-10,17,19-21,26H,11-16H2,1-5H3,(H,32,41)(H,33,42)(H,34,43)(H,35,40)/t19?,20?,21?,26-/m0/s1. The van der Waals surface area contributed by atoms with Gasteiger partial charge in [0.05, 0.1) is 34.2 Å². The molecule has 4 N–H and O–H groups in total. The Morgan fingerprint density at radius 1 is 0.681 bits per heavy atom. The highest BCUT2D eigenvalue weighted by Crippen LogP contribution is 2.09. The molecular weight excluding hydrogens is 627 g/mol. The molecule has 1 aromatic carbocycles. The summed E-state index contributed by atoms with van der Waals surface area (Å²) < 4.78 is 31.9. The van der Waals surface area contributed by atoms with Crippen LogP contribution in [0.1, 0.15) is 45.1 Å². The van der Waals surface area contributed by atoms with Gasteiger partial charge in [-0.3, -0.25) is 33.6 Å².